The molecule has 1 aromatic rings. The van der Waals surface area contributed by atoms with Gasteiger partial charge in [0.1, 0.15) is 0 Å². The van der Waals surface area contributed by atoms with Crippen LogP contribution >= 0.6 is 23.2 Å². The van der Waals surface area contributed by atoms with E-state index >= 15 is 0 Å². The van der Waals surface area contributed by atoms with Gasteiger partial charge in [0.2, 0.25) is 0 Å². The van der Waals surface area contributed by atoms with Crippen molar-refractivity contribution in [3.05, 3.63) is 33.8 Å². The molecule has 1 N–H and O–H groups in total. The lowest BCUT2D eigenvalue weighted by Gasteiger charge is -2.32. The molecule has 0 bridgehead atoms. The number of nitrogens with one attached hydrogen (secondary N) is 1. The van der Waals surface area contributed by atoms with Crippen molar-refractivity contribution in [2.45, 2.75) is 32.2 Å². The summed E-state index contributed by atoms with van der Waals surface area (Å²) in [6, 6.07) is 6.33. The SMILES string of the molecule is CCNC(=NCCCc1ccc(Cl)cc1Cl)N1CCC(N2CCOCC2)C1. The van der Waals surface area contributed by atoms with E-state index < -0.39 is 0 Å². The van der Waals surface area contributed by atoms with Gasteiger partial charge in [0.25, 0.3) is 0 Å². The summed E-state index contributed by atoms with van der Waals surface area (Å²) in [6.07, 6.45) is 3.08. The van der Waals surface area contributed by atoms with Gasteiger partial charge in [-0.3, -0.25) is 9.89 Å². The quantitative estimate of drug-likeness (QED) is 0.442. The highest BCUT2D eigenvalue weighted by Gasteiger charge is 2.30. The average Bonchev–Trinajstić information content (AvgIpc) is 3.16. The Morgan fingerprint density at radius 3 is 2.81 bits per heavy atom. The van der Waals surface area contributed by atoms with Crippen molar-refractivity contribution in [2.75, 3.05) is 52.5 Å². The van der Waals surface area contributed by atoms with Gasteiger partial charge in [-0.15, -0.1) is 0 Å². The standard InChI is InChI=1S/C20H30Cl2N4O/c1-2-23-20(24-8-3-4-16-5-6-17(21)14-19(16)22)26-9-7-18(15-26)25-10-12-27-13-11-25/h5-6,14,18H,2-4,7-13,15H2,1H3,(H,23,24). The predicted molar refractivity (Wildman–Crippen MR) is 113 cm³/mol. The number of hydrogen-bond donors (Lipinski definition) is 1. The molecule has 0 radical (unpaired) electrons. The van der Waals surface area contributed by atoms with E-state index in [9.17, 15) is 0 Å². The molecule has 150 valence electrons. The van der Waals surface area contributed by atoms with Crippen LogP contribution in [-0.4, -0.2) is 74.3 Å². The second-order valence-electron chi connectivity index (χ2n) is 7.11. The topological polar surface area (TPSA) is 40.1 Å². The molecule has 3 rings (SSSR count). The zero-order valence-corrected chi connectivity index (χ0v) is 17.6. The van der Waals surface area contributed by atoms with Gasteiger partial charge < -0.3 is 15.0 Å². The first-order valence-corrected chi connectivity index (χ1v) is 10.7. The Balaban J connectivity index is 1.50. The molecule has 0 amide bonds. The Morgan fingerprint density at radius 1 is 1.26 bits per heavy atom. The number of morpholine rings is 1. The highest BCUT2D eigenvalue weighted by atomic mass is 35.5. The molecule has 0 saturated carbocycles. The third kappa shape index (κ3) is 5.98. The van der Waals surface area contributed by atoms with E-state index in [0.717, 1.165) is 81.9 Å². The summed E-state index contributed by atoms with van der Waals surface area (Å²) in [6.45, 7) is 9.74. The van der Waals surface area contributed by atoms with Gasteiger partial charge in [0.05, 0.1) is 13.2 Å². The van der Waals surface area contributed by atoms with Crippen molar-refractivity contribution in [3.63, 3.8) is 0 Å². The smallest absolute Gasteiger partial charge is 0.193 e. The number of aryl methyl sites for hydroxylation is 1. The fraction of sp³-hybridized carbons (Fsp3) is 0.650. The summed E-state index contributed by atoms with van der Waals surface area (Å²) < 4.78 is 5.48. The van der Waals surface area contributed by atoms with E-state index in [1.807, 2.05) is 18.2 Å². The van der Waals surface area contributed by atoms with Crippen molar-refractivity contribution >= 4 is 29.2 Å². The number of benzene rings is 1. The Labute approximate surface area is 172 Å². The van der Waals surface area contributed by atoms with Gasteiger partial charge in [0, 0.05) is 55.4 Å². The molecule has 2 heterocycles. The molecule has 2 fully saturated rings. The zero-order valence-electron chi connectivity index (χ0n) is 16.1. The number of nitrogens with zero attached hydrogens (tertiary/aromatic N) is 3. The summed E-state index contributed by atoms with van der Waals surface area (Å²) in [5, 5.41) is 4.88. The average molecular weight is 413 g/mol. The summed E-state index contributed by atoms with van der Waals surface area (Å²) >= 11 is 12.2. The lowest BCUT2D eigenvalue weighted by molar-refractivity contribution is 0.0195. The number of guanidine groups is 1. The lowest BCUT2D eigenvalue weighted by Crippen LogP contribution is -2.46. The largest absolute Gasteiger partial charge is 0.379 e. The monoisotopic (exact) mass is 412 g/mol. The number of rotatable bonds is 6. The van der Waals surface area contributed by atoms with Gasteiger partial charge in [0.15, 0.2) is 5.96 Å². The van der Waals surface area contributed by atoms with Crippen molar-refractivity contribution in [3.8, 4) is 0 Å². The van der Waals surface area contributed by atoms with E-state index in [1.54, 1.807) is 0 Å². The van der Waals surface area contributed by atoms with E-state index in [-0.39, 0.29) is 0 Å². The maximum atomic E-state index is 6.26. The molecular formula is C20H30Cl2N4O. The van der Waals surface area contributed by atoms with Gasteiger partial charge in [-0.1, -0.05) is 29.3 Å². The van der Waals surface area contributed by atoms with Crippen LogP contribution < -0.4 is 5.32 Å². The van der Waals surface area contributed by atoms with Crippen molar-refractivity contribution in [2.24, 2.45) is 4.99 Å². The molecule has 0 aromatic heterocycles. The Bertz CT molecular complexity index is 634. The first kappa shape index (κ1) is 20.7. The van der Waals surface area contributed by atoms with Crippen LogP contribution in [-0.2, 0) is 11.2 Å². The molecule has 7 heteroatoms. The summed E-state index contributed by atoms with van der Waals surface area (Å²) in [5.41, 5.74) is 1.13. The molecular weight excluding hydrogens is 383 g/mol. The number of aliphatic imine (C=N–C) groups is 1. The molecule has 1 aromatic carbocycles. The summed E-state index contributed by atoms with van der Waals surface area (Å²) in [5.74, 6) is 1.04. The van der Waals surface area contributed by atoms with E-state index in [4.69, 9.17) is 32.9 Å². The van der Waals surface area contributed by atoms with Crippen LogP contribution in [0.25, 0.3) is 0 Å². The number of ether oxygens (including phenoxy) is 1. The van der Waals surface area contributed by atoms with Crippen LogP contribution in [0.1, 0.15) is 25.3 Å². The fourth-order valence-corrected chi connectivity index (χ4v) is 4.28. The minimum atomic E-state index is 0.616. The Hall–Kier alpha value is -1.01. The van der Waals surface area contributed by atoms with Crippen LogP contribution in [0.2, 0.25) is 10.0 Å². The van der Waals surface area contributed by atoms with E-state index in [2.05, 4.69) is 22.0 Å². The predicted octanol–water partition coefficient (Wildman–Crippen LogP) is 3.30. The van der Waals surface area contributed by atoms with Gasteiger partial charge >= 0.3 is 0 Å². The maximum absolute atomic E-state index is 6.26. The van der Waals surface area contributed by atoms with Gasteiger partial charge in [-0.05, 0) is 43.9 Å². The highest BCUT2D eigenvalue weighted by Crippen LogP contribution is 2.22. The van der Waals surface area contributed by atoms with Crippen LogP contribution in [0.3, 0.4) is 0 Å². The zero-order chi connectivity index (χ0) is 19.1. The molecule has 0 spiro atoms. The number of likely N-dealkylation sites (tertiary alicyclic amines) is 1. The normalized spacial score (nSPS) is 21.7. The Morgan fingerprint density at radius 2 is 2.07 bits per heavy atom. The number of hydrogen-bond acceptors (Lipinski definition) is 3. The maximum Gasteiger partial charge on any atom is 0.193 e. The van der Waals surface area contributed by atoms with Crippen LogP contribution in [0.15, 0.2) is 23.2 Å². The minimum absolute atomic E-state index is 0.616. The second kappa shape index (κ2) is 10.5. The first-order valence-electron chi connectivity index (χ1n) is 9.96. The molecule has 5 nitrogen and oxygen atoms in total. The third-order valence-electron chi connectivity index (χ3n) is 5.24. The van der Waals surface area contributed by atoms with Crippen molar-refractivity contribution in [1.82, 2.24) is 15.1 Å². The van der Waals surface area contributed by atoms with Crippen molar-refractivity contribution < 1.29 is 4.74 Å². The molecule has 2 aliphatic heterocycles. The fourth-order valence-electron chi connectivity index (χ4n) is 3.78. The third-order valence-corrected chi connectivity index (χ3v) is 5.83. The molecule has 1 atom stereocenters. The molecule has 2 aliphatic rings. The number of halogens is 2. The minimum Gasteiger partial charge on any atom is -0.379 e. The summed E-state index contributed by atoms with van der Waals surface area (Å²) in [7, 11) is 0. The Kier molecular flexibility index (Phi) is 8.07. The molecule has 0 aliphatic carbocycles. The van der Waals surface area contributed by atoms with Gasteiger partial charge in [-0.2, -0.15) is 0 Å². The molecule has 27 heavy (non-hydrogen) atoms. The second-order valence-corrected chi connectivity index (χ2v) is 7.96. The van der Waals surface area contributed by atoms with Gasteiger partial charge in [-0.25, -0.2) is 0 Å². The van der Waals surface area contributed by atoms with Crippen LogP contribution in [0, 0.1) is 0 Å². The summed E-state index contributed by atoms with van der Waals surface area (Å²) in [4.78, 5) is 9.82. The molecule has 2 saturated heterocycles. The van der Waals surface area contributed by atoms with E-state index in [1.165, 1.54) is 6.42 Å². The van der Waals surface area contributed by atoms with Crippen LogP contribution in [0.5, 0.6) is 0 Å². The first-order chi connectivity index (χ1) is 13.2. The van der Waals surface area contributed by atoms with E-state index in [0.29, 0.717) is 11.1 Å². The highest BCUT2D eigenvalue weighted by molar-refractivity contribution is 6.35. The van der Waals surface area contributed by atoms with Crippen molar-refractivity contribution in [1.29, 1.82) is 0 Å². The van der Waals surface area contributed by atoms with Crippen LogP contribution in [0.4, 0.5) is 0 Å². The molecule has 1 unspecified atom stereocenters. The lowest BCUT2D eigenvalue weighted by atomic mass is 10.1.